The molecule has 29 heavy (non-hydrogen) atoms. The van der Waals surface area contributed by atoms with Gasteiger partial charge >= 0.3 is 0 Å². The molecule has 7 nitrogen and oxygen atoms in total. The van der Waals surface area contributed by atoms with E-state index >= 15 is 0 Å². The van der Waals surface area contributed by atoms with Gasteiger partial charge in [-0.05, 0) is 24.3 Å². The molecule has 0 spiro atoms. The molecule has 0 unspecified atom stereocenters. The predicted molar refractivity (Wildman–Crippen MR) is 109 cm³/mol. The molecule has 4 rings (SSSR count). The van der Waals surface area contributed by atoms with E-state index in [4.69, 9.17) is 16.7 Å². The first-order valence-corrected chi connectivity index (χ1v) is 9.60. The van der Waals surface area contributed by atoms with Crippen molar-refractivity contribution >= 4 is 17.5 Å². The van der Waals surface area contributed by atoms with Crippen LogP contribution >= 0.6 is 11.6 Å². The summed E-state index contributed by atoms with van der Waals surface area (Å²) < 4.78 is 1.77. The van der Waals surface area contributed by atoms with Crippen molar-refractivity contribution in [3.63, 3.8) is 0 Å². The van der Waals surface area contributed by atoms with E-state index in [1.54, 1.807) is 28.8 Å². The molecule has 8 heteroatoms. The lowest BCUT2D eigenvalue weighted by molar-refractivity contribution is -0.497. The van der Waals surface area contributed by atoms with Gasteiger partial charge in [-0.1, -0.05) is 41.9 Å². The number of para-hydroxylation sites is 1. The largest absolute Gasteiger partial charge is 0.341 e. The van der Waals surface area contributed by atoms with E-state index in [1.807, 2.05) is 48.7 Å². The second-order valence-electron chi connectivity index (χ2n) is 7.18. The second kappa shape index (κ2) is 7.67. The Kier molecular flexibility index (Phi) is 5.07. The molecule has 1 amide bonds. The average molecular weight is 411 g/mol. The minimum absolute atomic E-state index is 0.207. The molecule has 1 saturated carbocycles. The highest BCUT2D eigenvalue weighted by Crippen LogP contribution is 2.35. The number of carbonyl (C=O) groups is 1. The maximum Gasteiger partial charge on any atom is 0.232 e. The third-order valence-electron chi connectivity index (χ3n) is 5.06. The van der Waals surface area contributed by atoms with Crippen molar-refractivity contribution in [2.75, 3.05) is 7.05 Å². The first-order valence-electron chi connectivity index (χ1n) is 9.22. The number of rotatable bonds is 6. The molecule has 3 aromatic rings. The van der Waals surface area contributed by atoms with Crippen molar-refractivity contribution < 1.29 is 9.72 Å². The zero-order valence-electron chi connectivity index (χ0n) is 15.7. The number of nitro groups is 1. The van der Waals surface area contributed by atoms with Crippen LogP contribution in [0.3, 0.4) is 0 Å². The quantitative estimate of drug-likeness (QED) is 0.457. The van der Waals surface area contributed by atoms with Crippen LogP contribution in [-0.2, 0) is 11.3 Å². The molecule has 2 atom stereocenters. The smallest absolute Gasteiger partial charge is 0.232 e. The zero-order valence-corrected chi connectivity index (χ0v) is 16.5. The van der Waals surface area contributed by atoms with Gasteiger partial charge in [-0.25, -0.2) is 4.68 Å². The van der Waals surface area contributed by atoms with Crippen molar-refractivity contribution in [2.45, 2.75) is 19.0 Å². The Morgan fingerprint density at radius 3 is 2.55 bits per heavy atom. The standard InChI is InChI=1S/C21H19ClN4O3/c1-24(21(27)18-11-19(18)26(28)29)12-15-13-25(17-5-3-2-4-6-17)23-20(15)14-7-9-16(22)10-8-14/h2-10,13,18-19H,11-12H2,1H3/t18-,19+/m0/s1. The third kappa shape index (κ3) is 4.00. The Hall–Kier alpha value is -3.19. The third-order valence-corrected chi connectivity index (χ3v) is 5.31. The molecule has 0 saturated heterocycles. The van der Waals surface area contributed by atoms with Gasteiger partial charge in [-0.2, -0.15) is 5.10 Å². The van der Waals surface area contributed by atoms with Crippen molar-refractivity contribution in [3.05, 3.63) is 81.5 Å². The van der Waals surface area contributed by atoms with E-state index in [1.165, 1.54) is 0 Å². The van der Waals surface area contributed by atoms with E-state index < -0.39 is 12.0 Å². The summed E-state index contributed by atoms with van der Waals surface area (Å²) in [4.78, 5) is 24.6. The Morgan fingerprint density at radius 1 is 1.24 bits per heavy atom. The van der Waals surface area contributed by atoms with Crippen LogP contribution in [0.2, 0.25) is 5.02 Å². The first kappa shape index (κ1) is 19.1. The van der Waals surface area contributed by atoms with Gasteiger partial charge < -0.3 is 4.90 Å². The summed E-state index contributed by atoms with van der Waals surface area (Å²) >= 11 is 6.01. The van der Waals surface area contributed by atoms with Gasteiger partial charge in [0.05, 0.1) is 11.4 Å². The van der Waals surface area contributed by atoms with Gasteiger partial charge in [-0.15, -0.1) is 0 Å². The monoisotopic (exact) mass is 410 g/mol. The fourth-order valence-electron chi connectivity index (χ4n) is 3.39. The molecule has 2 aromatic carbocycles. The highest BCUT2D eigenvalue weighted by Gasteiger charge is 2.54. The van der Waals surface area contributed by atoms with Crippen LogP contribution in [0.1, 0.15) is 12.0 Å². The van der Waals surface area contributed by atoms with Crippen LogP contribution in [0.4, 0.5) is 0 Å². The Morgan fingerprint density at radius 2 is 1.93 bits per heavy atom. The average Bonchev–Trinajstić information content (AvgIpc) is 3.43. The summed E-state index contributed by atoms with van der Waals surface area (Å²) in [6.45, 7) is 0.310. The molecular weight excluding hydrogens is 392 g/mol. The number of halogens is 1. The van der Waals surface area contributed by atoms with E-state index in [0.29, 0.717) is 18.0 Å². The van der Waals surface area contributed by atoms with Gasteiger partial charge in [-0.3, -0.25) is 14.9 Å². The number of carbonyl (C=O) groups excluding carboxylic acids is 1. The molecular formula is C21H19ClN4O3. The van der Waals surface area contributed by atoms with Crippen LogP contribution < -0.4 is 0 Å². The van der Waals surface area contributed by atoms with Gasteiger partial charge in [0, 0.05) is 47.3 Å². The van der Waals surface area contributed by atoms with Crippen molar-refractivity contribution in [1.29, 1.82) is 0 Å². The molecule has 1 fully saturated rings. The van der Waals surface area contributed by atoms with Gasteiger partial charge in [0.15, 0.2) is 0 Å². The van der Waals surface area contributed by atoms with Crippen LogP contribution in [0.5, 0.6) is 0 Å². The molecule has 1 aliphatic rings. The molecule has 0 radical (unpaired) electrons. The zero-order chi connectivity index (χ0) is 20.5. The van der Waals surface area contributed by atoms with E-state index in [2.05, 4.69) is 0 Å². The van der Waals surface area contributed by atoms with Crippen molar-refractivity contribution in [2.24, 2.45) is 5.92 Å². The van der Waals surface area contributed by atoms with E-state index in [9.17, 15) is 14.9 Å². The number of amides is 1. The fourth-order valence-corrected chi connectivity index (χ4v) is 3.51. The summed E-state index contributed by atoms with van der Waals surface area (Å²) in [7, 11) is 1.67. The van der Waals surface area contributed by atoms with Gasteiger partial charge in [0.1, 0.15) is 5.92 Å². The summed E-state index contributed by atoms with van der Waals surface area (Å²) in [6.07, 6.45) is 2.20. The highest BCUT2D eigenvalue weighted by molar-refractivity contribution is 6.30. The van der Waals surface area contributed by atoms with Gasteiger partial charge in [0.25, 0.3) is 0 Å². The lowest BCUT2D eigenvalue weighted by atomic mass is 10.1. The maximum atomic E-state index is 12.6. The first-order chi connectivity index (χ1) is 13.9. The summed E-state index contributed by atoms with van der Waals surface area (Å²) in [5.74, 6) is -0.737. The molecule has 0 aliphatic heterocycles. The predicted octanol–water partition coefficient (Wildman–Crippen LogP) is 3.82. The number of aromatic nitrogens is 2. The van der Waals surface area contributed by atoms with Crippen LogP contribution in [0.25, 0.3) is 16.9 Å². The fraction of sp³-hybridized carbons (Fsp3) is 0.238. The molecule has 0 N–H and O–H groups in total. The number of hydrogen-bond donors (Lipinski definition) is 0. The summed E-state index contributed by atoms with van der Waals surface area (Å²) in [5, 5.41) is 16.2. The highest BCUT2D eigenvalue weighted by atomic mass is 35.5. The lowest BCUT2D eigenvalue weighted by Gasteiger charge is -2.16. The van der Waals surface area contributed by atoms with E-state index in [-0.39, 0.29) is 10.8 Å². The molecule has 0 bridgehead atoms. The lowest BCUT2D eigenvalue weighted by Crippen LogP contribution is -2.29. The topological polar surface area (TPSA) is 81.3 Å². The Labute approximate surface area is 172 Å². The molecule has 1 aliphatic carbocycles. The normalized spacial score (nSPS) is 17.7. The SMILES string of the molecule is CN(Cc1cn(-c2ccccc2)nc1-c1ccc(Cl)cc1)C(=O)[C@H]1C[C@H]1[N+](=O)[O-]. The van der Waals surface area contributed by atoms with Gasteiger partial charge in [0.2, 0.25) is 11.9 Å². The van der Waals surface area contributed by atoms with Crippen LogP contribution in [0.15, 0.2) is 60.8 Å². The number of benzene rings is 2. The molecule has 148 valence electrons. The minimum atomic E-state index is -0.757. The second-order valence-corrected chi connectivity index (χ2v) is 7.62. The summed E-state index contributed by atoms with van der Waals surface area (Å²) in [5.41, 5.74) is 3.38. The Bertz CT molecular complexity index is 1050. The number of nitrogens with zero attached hydrogens (tertiary/aromatic N) is 4. The molecule has 1 aromatic heterocycles. The molecule has 1 heterocycles. The van der Waals surface area contributed by atoms with Crippen molar-refractivity contribution in [3.8, 4) is 16.9 Å². The minimum Gasteiger partial charge on any atom is -0.341 e. The van der Waals surface area contributed by atoms with Crippen LogP contribution in [0, 0.1) is 16.0 Å². The number of hydrogen-bond acceptors (Lipinski definition) is 4. The summed E-state index contributed by atoms with van der Waals surface area (Å²) in [6, 6.07) is 16.3. The van der Waals surface area contributed by atoms with Crippen LogP contribution in [-0.4, -0.2) is 38.6 Å². The van der Waals surface area contributed by atoms with Crippen molar-refractivity contribution in [1.82, 2.24) is 14.7 Å². The maximum absolute atomic E-state index is 12.6. The Balaban J connectivity index is 1.64. The van der Waals surface area contributed by atoms with E-state index in [0.717, 1.165) is 22.5 Å².